The average Bonchev–Trinajstić information content (AvgIpc) is 2.98. The van der Waals surface area contributed by atoms with Crippen molar-refractivity contribution >= 4 is 0 Å². The number of benzene rings is 1. The van der Waals surface area contributed by atoms with Crippen molar-refractivity contribution in [1.29, 1.82) is 0 Å². The average molecular weight is 274 g/mol. The Bertz CT molecular complexity index is 485. The second-order valence-electron chi connectivity index (χ2n) is 5.60. The Hall–Kier alpha value is -1.16. The van der Waals surface area contributed by atoms with Gasteiger partial charge in [-0.25, -0.2) is 0 Å². The second-order valence-corrected chi connectivity index (χ2v) is 5.60. The molecule has 3 heteroatoms. The number of allylic oxidation sites excluding steroid dienone is 1. The highest BCUT2D eigenvalue weighted by molar-refractivity contribution is 5.33. The Labute approximate surface area is 120 Å². The molecule has 0 saturated carbocycles. The quantitative estimate of drug-likeness (QED) is 0.860. The van der Waals surface area contributed by atoms with E-state index in [1.54, 1.807) is 0 Å². The highest BCUT2D eigenvalue weighted by Gasteiger charge is 2.37. The summed E-state index contributed by atoms with van der Waals surface area (Å²) < 4.78 is 11.6. The van der Waals surface area contributed by atoms with Gasteiger partial charge in [-0.2, -0.15) is 0 Å². The summed E-state index contributed by atoms with van der Waals surface area (Å²) in [5.74, 6) is -0.594. The zero-order valence-corrected chi connectivity index (χ0v) is 12.0. The Balaban J connectivity index is 1.88. The van der Waals surface area contributed by atoms with Crippen LogP contribution in [0.2, 0.25) is 0 Å². The van der Waals surface area contributed by atoms with Crippen LogP contribution in [-0.4, -0.2) is 18.3 Å². The number of aliphatic hydroxyl groups is 1. The fourth-order valence-corrected chi connectivity index (χ4v) is 3.13. The van der Waals surface area contributed by atoms with Crippen LogP contribution in [0.4, 0.5) is 0 Å². The normalized spacial score (nSPS) is 28.7. The van der Waals surface area contributed by atoms with Crippen LogP contribution in [0.15, 0.2) is 36.4 Å². The third-order valence-electron chi connectivity index (χ3n) is 4.37. The molecule has 1 unspecified atom stereocenters. The second kappa shape index (κ2) is 5.32. The van der Waals surface area contributed by atoms with Crippen LogP contribution in [0.3, 0.4) is 0 Å². The zero-order valence-electron chi connectivity index (χ0n) is 12.0. The zero-order chi connectivity index (χ0) is 14.1. The van der Waals surface area contributed by atoms with E-state index in [2.05, 4.69) is 13.0 Å². The fourth-order valence-electron chi connectivity index (χ4n) is 3.13. The minimum Gasteiger partial charge on any atom is -0.381 e. The van der Waals surface area contributed by atoms with E-state index in [1.165, 1.54) is 0 Å². The highest BCUT2D eigenvalue weighted by Crippen LogP contribution is 2.37. The van der Waals surface area contributed by atoms with Crippen molar-refractivity contribution in [3.8, 4) is 0 Å². The third-order valence-corrected chi connectivity index (χ3v) is 4.37. The van der Waals surface area contributed by atoms with Crippen LogP contribution in [0.25, 0.3) is 0 Å². The van der Waals surface area contributed by atoms with Gasteiger partial charge in [-0.3, -0.25) is 0 Å². The molecule has 1 aromatic rings. The standard InChI is InChI=1S/C17H22O3/c1-2-17(19-12-13-20-17)15-8-6-14(7-9-15)16(18)10-4-3-5-11-16/h4,6-10,18H,2-3,5,11-13H2,1H3. The molecule has 0 aromatic heterocycles. The van der Waals surface area contributed by atoms with Crippen LogP contribution in [0.5, 0.6) is 0 Å². The molecule has 1 heterocycles. The van der Waals surface area contributed by atoms with Gasteiger partial charge in [0.2, 0.25) is 0 Å². The first-order valence-electron chi connectivity index (χ1n) is 7.48. The summed E-state index contributed by atoms with van der Waals surface area (Å²) >= 11 is 0. The number of ether oxygens (including phenoxy) is 2. The summed E-state index contributed by atoms with van der Waals surface area (Å²) in [5.41, 5.74) is 1.17. The molecule has 0 radical (unpaired) electrons. The molecule has 3 nitrogen and oxygen atoms in total. The monoisotopic (exact) mass is 274 g/mol. The smallest absolute Gasteiger partial charge is 0.194 e. The van der Waals surface area contributed by atoms with E-state index in [0.717, 1.165) is 36.8 Å². The minimum atomic E-state index is -0.812. The summed E-state index contributed by atoms with van der Waals surface area (Å²) in [4.78, 5) is 0. The molecule has 3 rings (SSSR count). The molecule has 1 atom stereocenters. The molecule has 0 spiro atoms. The molecule has 1 fully saturated rings. The largest absolute Gasteiger partial charge is 0.381 e. The molecule has 1 N–H and O–H groups in total. The first-order chi connectivity index (χ1) is 9.69. The Morgan fingerprint density at radius 1 is 1.10 bits per heavy atom. The van der Waals surface area contributed by atoms with Gasteiger partial charge >= 0.3 is 0 Å². The van der Waals surface area contributed by atoms with Crippen molar-refractivity contribution in [3.05, 3.63) is 47.5 Å². The van der Waals surface area contributed by atoms with Gasteiger partial charge in [0.1, 0.15) is 5.60 Å². The molecular formula is C17H22O3. The lowest BCUT2D eigenvalue weighted by atomic mass is 9.84. The van der Waals surface area contributed by atoms with E-state index in [9.17, 15) is 5.11 Å². The Morgan fingerprint density at radius 2 is 1.75 bits per heavy atom. The number of rotatable bonds is 3. The Kier molecular flexibility index (Phi) is 3.67. The lowest BCUT2D eigenvalue weighted by molar-refractivity contribution is -0.167. The summed E-state index contributed by atoms with van der Waals surface area (Å²) in [6.07, 6.45) is 7.64. The molecule has 1 aliphatic heterocycles. The maximum Gasteiger partial charge on any atom is 0.194 e. The van der Waals surface area contributed by atoms with Gasteiger partial charge in [-0.05, 0) is 24.8 Å². The highest BCUT2D eigenvalue weighted by atomic mass is 16.7. The number of hydrogen-bond donors (Lipinski definition) is 1. The lowest BCUT2D eigenvalue weighted by Crippen LogP contribution is -2.27. The van der Waals surface area contributed by atoms with Crippen molar-refractivity contribution in [3.63, 3.8) is 0 Å². The van der Waals surface area contributed by atoms with E-state index in [0.29, 0.717) is 13.2 Å². The van der Waals surface area contributed by atoms with Crippen LogP contribution in [0, 0.1) is 0 Å². The van der Waals surface area contributed by atoms with Crippen LogP contribution in [0.1, 0.15) is 43.7 Å². The van der Waals surface area contributed by atoms with Gasteiger partial charge in [0.15, 0.2) is 5.79 Å². The van der Waals surface area contributed by atoms with Crippen molar-refractivity contribution < 1.29 is 14.6 Å². The molecule has 2 aliphatic rings. The van der Waals surface area contributed by atoms with Crippen LogP contribution >= 0.6 is 0 Å². The minimum absolute atomic E-state index is 0.594. The van der Waals surface area contributed by atoms with Crippen LogP contribution in [-0.2, 0) is 20.9 Å². The topological polar surface area (TPSA) is 38.7 Å². The van der Waals surface area contributed by atoms with E-state index in [-0.39, 0.29) is 0 Å². The van der Waals surface area contributed by atoms with E-state index in [1.807, 2.05) is 30.3 Å². The predicted octanol–water partition coefficient (Wildman–Crippen LogP) is 3.22. The van der Waals surface area contributed by atoms with Gasteiger partial charge in [0.25, 0.3) is 0 Å². The van der Waals surface area contributed by atoms with Crippen molar-refractivity contribution in [1.82, 2.24) is 0 Å². The van der Waals surface area contributed by atoms with Crippen molar-refractivity contribution in [2.75, 3.05) is 13.2 Å². The molecule has 0 amide bonds. The lowest BCUT2D eigenvalue weighted by Gasteiger charge is -2.30. The SMILES string of the molecule is CCC1(c2ccc(C3(O)C=CCCC3)cc2)OCCO1. The fraction of sp³-hybridized carbons (Fsp3) is 0.529. The maximum atomic E-state index is 10.7. The molecule has 20 heavy (non-hydrogen) atoms. The van der Waals surface area contributed by atoms with Gasteiger partial charge in [-0.15, -0.1) is 0 Å². The molecule has 1 aliphatic carbocycles. The van der Waals surface area contributed by atoms with Gasteiger partial charge in [0, 0.05) is 12.0 Å². The van der Waals surface area contributed by atoms with Crippen molar-refractivity contribution in [2.45, 2.75) is 44.0 Å². The first-order valence-corrected chi connectivity index (χ1v) is 7.48. The van der Waals surface area contributed by atoms with Gasteiger partial charge in [0.05, 0.1) is 13.2 Å². The van der Waals surface area contributed by atoms with E-state index >= 15 is 0 Å². The number of hydrogen-bond acceptors (Lipinski definition) is 3. The Morgan fingerprint density at radius 3 is 2.30 bits per heavy atom. The first kappa shape index (κ1) is 13.8. The van der Waals surface area contributed by atoms with Crippen molar-refractivity contribution in [2.24, 2.45) is 0 Å². The molecule has 108 valence electrons. The third kappa shape index (κ3) is 2.30. The molecular weight excluding hydrogens is 252 g/mol. The van der Waals surface area contributed by atoms with Gasteiger partial charge < -0.3 is 14.6 Å². The molecule has 1 saturated heterocycles. The summed E-state index contributed by atoms with van der Waals surface area (Å²) in [6, 6.07) is 8.02. The van der Waals surface area contributed by atoms with Gasteiger partial charge in [-0.1, -0.05) is 43.3 Å². The molecule has 0 bridgehead atoms. The summed E-state index contributed by atoms with van der Waals surface area (Å²) in [5, 5.41) is 10.7. The van der Waals surface area contributed by atoms with Crippen LogP contribution < -0.4 is 0 Å². The molecule has 1 aromatic carbocycles. The summed E-state index contributed by atoms with van der Waals surface area (Å²) in [7, 11) is 0. The van der Waals surface area contributed by atoms with E-state index in [4.69, 9.17) is 9.47 Å². The summed E-state index contributed by atoms with van der Waals surface area (Å²) in [6.45, 7) is 3.35. The maximum absolute atomic E-state index is 10.7. The predicted molar refractivity (Wildman–Crippen MR) is 77.2 cm³/mol. The van der Waals surface area contributed by atoms with E-state index < -0.39 is 11.4 Å².